The number of ether oxygens (including phenoxy) is 1. The van der Waals surface area contributed by atoms with Gasteiger partial charge in [-0.2, -0.15) is 0 Å². The Morgan fingerprint density at radius 1 is 1.16 bits per heavy atom. The van der Waals surface area contributed by atoms with E-state index in [1.54, 1.807) is 0 Å². The molecule has 1 heterocycles. The maximum absolute atomic E-state index is 11.9. The van der Waals surface area contributed by atoms with E-state index in [0.717, 1.165) is 31.5 Å². The lowest BCUT2D eigenvalue weighted by atomic mass is 10.1. The molecule has 1 aliphatic heterocycles. The molecule has 0 unspecified atom stereocenters. The first-order chi connectivity index (χ1) is 9.29. The Kier molecular flexibility index (Phi) is 5.21. The van der Waals surface area contributed by atoms with Gasteiger partial charge in [-0.15, -0.1) is 0 Å². The van der Waals surface area contributed by atoms with Gasteiger partial charge in [0, 0.05) is 19.7 Å². The fraction of sp³-hybridized carbons (Fsp3) is 0.533. The van der Waals surface area contributed by atoms with Crippen molar-refractivity contribution in [3.8, 4) is 5.75 Å². The van der Waals surface area contributed by atoms with E-state index in [-0.39, 0.29) is 19.1 Å². The highest BCUT2D eigenvalue weighted by molar-refractivity contribution is 5.77. The highest BCUT2D eigenvalue weighted by Crippen LogP contribution is 2.13. The Morgan fingerprint density at radius 3 is 2.47 bits per heavy atom. The fourth-order valence-corrected chi connectivity index (χ4v) is 2.26. The lowest BCUT2D eigenvalue weighted by Gasteiger charge is -2.26. The Labute approximate surface area is 114 Å². The summed E-state index contributed by atoms with van der Waals surface area (Å²) < 4.78 is 5.50. The summed E-state index contributed by atoms with van der Waals surface area (Å²) in [5, 5.41) is 8.83. The zero-order valence-electron chi connectivity index (χ0n) is 11.2. The van der Waals surface area contributed by atoms with Crippen molar-refractivity contribution in [2.24, 2.45) is 0 Å². The van der Waals surface area contributed by atoms with E-state index in [0.29, 0.717) is 12.2 Å². The van der Waals surface area contributed by atoms with Crippen molar-refractivity contribution in [3.63, 3.8) is 0 Å². The number of hydrogen-bond donors (Lipinski definition) is 1. The van der Waals surface area contributed by atoms with Gasteiger partial charge in [-0.25, -0.2) is 0 Å². The Bertz CT molecular complexity index is 396. The molecule has 1 aliphatic rings. The number of likely N-dealkylation sites (tertiary alicyclic amines) is 1. The number of hydrogen-bond acceptors (Lipinski definition) is 3. The molecule has 4 heteroatoms. The molecule has 104 valence electrons. The van der Waals surface area contributed by atoms with Crippen LogP contribution in [0.3, 0.4) is 0 Å². The van der Waals surface area contributed by atoms with Gasteiger partial charge in [0.1, 0.15) is 5.75 Å². The van der Waals surface area contributed by atoms with Gasteiger partial charge in [-0.05, 0) is 43.4 Å². The maximum atomic E-state index is 11.9. The van der Waals surface area contributed by atoms with E-state index >= 15 is 0 Å². The number of amides is 1. The molecule has 0 atom stereocenters. The second kappa shape index (κ2) is 7.14. The van der Waals surface area contributed by atoms with E-state index in [4.69, 9.17) is 9.84 Å². The Morgan fingerprint density at radius 2 is 1.84 bits per heavy atom. The topological polar surface area (TPSA) is 49.8 Å². The maximum Gasteiger partial charge on any atom is 0.260 e. The van der Waals surface area contributed by atoms with Gasteiger partial charge >= 0.3 is 0 Å². The molecule has 1 fully saturated rings. The highest BCUT2D eigenvalue weighted by atomic mass is 16.5. The van der Waals surface area contributed by atoms with Gasteiger partial charge in [-0.1, -0.05) is 12.1 Å². The summed E-state index contributed by atoms with van der Waals surface area (Å²) in [4.78, 5) is 13.8. The summed E-state index contributed by atoms with van der Waals surface area (Å²) in [5.74, 6) is 0.770. The number of aliphatic hydroxyl groups is 1. The Balaban J connectivity index is 1.79. The van der Waals surface area contributed by atoms with Gasteiger partial charge in [0.15, 0.2) is 6.61 Å². The average Bonchev–Trinajstić information content (AvgIpc) is 2.47. The lowest BCUT2D eigenvalue weighted by molar-refractivity contribution is -0.134. The van der Waals surface area contributed by atoms with Crippen LogP contribution in [0.2, 0.25) is 0 Å². The third-order valence-electron chi connectivity index (χ3n) is 3.39. The molecule has 2 rings (SSSR count). The first-order valence-electron chi connectivity index (χ1n) is 6.90. The van der Waals surface area contributed by atoms with Crippen LogP contribution in [0.15, 0.2) is 24.3 Å². The van der Waals surface area contributed by atoms with Crippen molar-refractivity contribution in [1.29, 1.82) is 0 Å². The van der Waals surface area contributed by atoms with Crippen molar-refractivity contribution < 1.29 is 14.6 Å². The third-order valence-corrected chi connectivity index (χ3v) is 3.39. The van der Waals surface area contributed by atoms with Gasteiger partial charge in [0.25, 0.3) is 5.91 Å². The summed E-state index contributed by atoms with van der Waals surface area (Å²) in [6.07, 6.45) is 4.06. The highest BCUT2D eigenvalue weighted by Gasteiger charge is 2.16. The normalized spacial score (nSPS) is 15.3. The Hall–Kier alpha value is -1.55. The number of carbonyl (C=O) groups excluding carboxylic acids is 1. The van der Waals surface area contributed by atoms with Crippen LogP contribution in [0.1, 0.15) is 24.8 Å². The van der Waals surface area contributed by atoms with Crippen molar-refractivity contribution in [2.45, 2.75) is 25.7 Å². The van der Waals surface area contributed by atoms with Gasteiger partial charge in [0.05, 0.1) is 0 Å². The second-order valence-electron chi connectivity index (χ2n) is 4.85. The molecule has 1 aromatic carbocycles. The SMILES string of the molecule is O=C(COc1ccc(CCO)cc1)N1CCCCC1. The average molecular weight is 263 g/mol. The van der Waals surface area contributed by atoms with E-state index < -0.39 is 0 Å². The van der Waals surface area contributed by atoms with Crippen molar-refractivity contribution >= 4 is 5.91 Å². The molecule has 0 aromatic heterocycles. The molecule has 4 nitrogen and oxygen atoms in total. The van der Waals surface area contributed by atoms with Crippen LogP contribution < -0.4 is 4.74 Å². The van der Waals surface area contributed by atoms with E-state index in [2.05, 4.69) is 0 Å². The van der Waals surface area contributed by atoms with Crippen LogP contribution in [-0.2, 0) is 11.2 Å². The van der Waals surface area contributed by atoms with Crippen LogP contribution in [0, 0.1) is 0 Å². The minimum Gasteiger partial charge on any atom is -0.484 e. The summed E-state index contributed by atoms with van der Waals surface area (Å²) in [7, 11) is 0. The molecule has 1 N–H and O–H groups in total. The molecule has 1 amide bonds. The third kappa shape index (κ3) is 4.24. The molecular formula is C15H21NO3. The molecule has 0 radical (unpaired) electrons. The van der Waals surface area contributed by atoms with E-state index in [9.17, 15) is 4.79 Å². The summed E-state index contributed by atoms with van der Waals surface area (Å²) in [6, 6.07) is 7.51. The summed E-state index contributed by atoms with van der Waals surface area (Å²) >= 11 is 0. The first kappa shape index (κ1) is 13.9. The number of benzene rings is 1. The zero-order chi connectivity index (χ0) is 13.5. The van der Waals surface area contributed by atoms with Gasteiger partial charge in [0.2, 0.25) is 0 Å². The van der Waals surface area contributed by atoms with Crippen molar-refractivity contribution in [1.82, 2.24) is 4.90 Å². The van der Waals surface area contributed by atoms with Crippen molar-refractivity contribution in [2.75, 3.05) is 26.3 Å². The second-order valence-corrected chi connectivity index (χ2v) is 4.85. The number of aliphatic hydroxyl groups excluding tert-OH is 1. The number of piperidine rings is 1. The smallest absolute Gasteiger partial charge is 0.260 e. The van der Waals surface area contributed by atoms with Gasteiger partial charge in [-0.3, -0.25) is 4.79 Å². The standard InChI is InChI=1S/C15H21NO3/c17-11-8-13-4-6-14(7-5-13)19-12-15(18)16-9-2-1-3-10-16/h4-7,17H,1-3,8-12H2. The molecule has 19 heavy (non-hydrogen) atoms. The van der Waals surface area contributed by atoms with Crippen LogP contribution in [0.25, 0.3) is 0 Å². The molecule has 0 spiro atoms. The van der Waals surface area contributed by atoms with Crippen LogP contribution in [0.4, 0.5) is 0 Å². The largest absolute Gasteiger partial charge is 0.484 e. The lowest BCUT2D eigenvalue weighted by Crippen LogP contribution is -2.38. The summed E-state index contributed by atoms with van der Waals surface area (Å²) in [6.45, 7) is 1.97. The molecule has 1 saturated heterocycles. The molecule has 1 aromatic rings. The molecule has 0 saturated carbocycles. The monoisotopic (exact) mass is 263 g/mol. The molecule has 0 aliphatic carbocycles. The van der Waals surface area contributed by atoms with Crippen LogP contribution in [0.5, 0.6) is 5.75 Å². The van der Waals surface area contributed by atoms with Crippen LogP contribution >= 0.6 is 0 Å². The number of carbonyl (C=O) groups is 1. The minimum absolute atomic E-state index is 0.0686. The predicted octanol–water partition coefficient (Wildman–Crippen LogP) is 1.61. The van der Waals surface area contributed by atoms with E-state index in [1.165, 1.54) is 6.42 Å². The summed E-state index contributed by atoms with van der Waals surface area (Å²) in [5.41, 5.74) is 1.07. The number of rotatable bonds is 5. The van der Waals surface area contributed by atoms with Crippen molar-refractivity contribution in [3.05, 3.63) is 29.8 Å². The minimum atomic E-state index is 0.0686. The number of nitrogens with zero attached hydrogens (tertiary/aromatic N) is 1. The first-order valence-corrected chi connectivity index (χ1v) is 6.90. The zero-order valence-corrected chi connectivity index (χ0v) is 11.2. The van der Waals surface area contributed by atoms with Crippen LogP contribution in [-0.4, -0.2) is 42.2 Å². The van der Waals surface area contributed by atoms with E-state index in [1.807, 2.05) is 29.2 Å². The predicted molar refractivity (Wildman–Crippen MR) is 73.2 cm³/mol. The van der Waals surface area contributed by atoms with Gasteiger partial charge < -0.3 is 14.7 Å². The fourth-order valence-electron chi connectivity index (χ4n) is 2.26. The quantitative estimate of drug-likeness (QED) is 0.878. The molecular weight excluding hydrogens is 242 g/mol. The molecule has 0 bridgehead atoms.